The fourth-order valence-electron chi connectivity index (χ4n) is 1.67. The number of ether oxygens (including phenoxy) is 2. The van der Waals surface area contributed by atoms with E-state index in [1.165, 1.54) is 0 Å². The van der Waals surface area contributed by atoms with Crippen molar-refractivity contribution in [1.82, 2.24) is 5.32 Å². The SMILES string of the molecule is CC#CCCOc1c(Br)cc(CNC(C)C)cc1OC. The van der Waals surface area contributed by atoms with Crippen LogP contribution in [-0.2, 0) is 6.54 Å². The second-order valence-electron chi connectivity index (χ2n) is 4.67. The van der Waals surface area contributed by atoms with E-state index in [4.69, 9.17) is 9.47 Å². The highest BCUT2D eigenvalue weighted by molar-refractivity contribution is 9.10. The van der Waals surface area contributed by atoms with E-state index >= 15 is 0 Å². The molecule has 1 rings (SSSR count). The molecule has 0 radical (unpaired) electrons. The molecule has 0 atom stereocenters. The zero-order valence-corrected chi connectivity index (χ0v) is 14.1. The summed E-state index contributed by atoms with van der Waals surface area (Å²) in [5.41, 5.74) is 1.16. The molecule has 0 amide bonds. The standard InChI is InChI=1S/C16H22BrNO2/c1-5-6-7-8-20-16-14(17)9-13(10-15(16)19-4)11-18-12(2)3/h9-10,12,18H,7-8,11H2,1-4H3. The highest BCUT2D eigenvalue weighted by Gasteiger charge is 2.11. The Morgan fingerprint density at radius 2 is 2.10 bits per heavy atom. The van der Waals surface area contributed by atoms with Gasteiger partial charge in [0.15, 0.2) is 11.5 Å². The van der Waals surface area contributed by atoms with Crippen molar-refractivity contribution in [3.63, 3.8) is 0 Å². The monoisotopic (exact) mass is 339 g/mol. The van der Waals surface area contributed by atoms with Crippen LogP contribution in [0.5, 0.6) is 11.5 Å². The number of halogens is 1. The predicted octanol–water partition coefficient (Wildman–Crippen LogP) is 3.75. The van der Waals surface area contributed by atoms with Crippen molar-refractivity contribution in [2.45, 2.75) is 39.8 Å². The first kappa shape index (κ1) is 16.9. The molecule has 3 nitrogen and oxygen atoms in total. The van der Waals surface area contributed by atoms with Gasteiger partial charge in [-0.1, -0.05) is 13.8 Å². The summed E-state index contributed by atoms with van der Waals surface area (Å²) >= 11 is 3.55. The van der Waals surface area contributed by atoms with Crippen LogP contribution in [0, 0.1) is 11.8 Å². The summed E-state index contributed by atoms with van der Waals surface area (Å²) < 4.78 is 12.1. The lowest BCUT2D eigenvalue weighted by Gasteiger charge is -2.15. The third-order valence-corrected chi connectivity index (χ3v) is 3.24. The maximum Gasteiger partial charge on any atom is 0.175 e. The van der Waals surface area contributed by atoms with Crippen LogP contribution in [0.2, 0.25) is 0 Å². The third-order valence-electron chi connectivity index (χ3n) is 2.65. The topological polar surface area (TPSA) is 30.5 Å². The van der Waals surface area contributed by atoms with Crippen molar-refractivity contribution in [3.8, 4) is 23.3 Å². The van der Waals surface area contributed by atoms with Crippen LogP contribution in [0.1, 0.15) is 32.8 Å². The van der Waals surface area contributed by atoms with Crippen LogP contribution in [-0.4, -0.2) is 19.8 Å². The summed E-state index contributed by atoms with van der Waals surface area (Å²) in [6.07, 6.45) is 0.711. The van der Waals surface area contributed by atoms with Gasteiger partial charge >= 0.3 is 0 Å². The summed E-state index contributed by atoms with van der Waals surface area (Å²) in [5.74, 6) is 7.31. The van der Waals surface area contributed by atoms with Crippen molar-refractivity contribution < 1.29 is 9.47 Å². The van der Waals surface area contributed by atoms with E-state index in [9.17, 15) is 0 Å². The Kier molecular flexibility index (Phi) is 7.50. The van der Waals surface area contributed by atoms with E-state index in [0.29, 0.717) is 19.1 Å². The minimum Gasteiger partial charge on any atom is -0.493 e. The molecule has 0 bridgehead atoms. The molecular weight excluding hydrogens is 318 g/mol. The normalized spacial score (nSPS) is 10.1. The molecule has 0 unspecified atom stereocenters. The number of benzene rings is 1. The third kappa shape index (κ3) is 5.44. The molecule has 0 fully saturated rings. The summed E-state index contributed by atoms with van der Waals surface area (Å²) in [4.78, 5) is 0. The molecule has 0 saturated heterocycles. The van der Waals surface area contributed by atoms with Gasteiger partial charge in [-0.2, -0.15) is 0 Å². The molecule has 1 aromatic rings. The molecular formula is C16H22BrNO2. The van der Waals surface area contributed by atoms with Crippen molar-refractivity contribution in [2.24, 2.45) is 0 Å². The van der Waals surface area contributed by atoms with E-state index in [2.05, 4.69) is 53.0 Å². The van der Waals surface area contributed by atoms with Crippen LogP contribution >= 0.6 is 15.9 Å². The molecule has 0 aliphatic carbocycles. The smallest absolute Gasteiger partial charge is 0.175 e. The Morgan fingerprint density at radius 1 is 1.35 bits per heavy atom. The molecule has 4 heteroatoms. The molecule has 0 aliphatic heterocycles. The zero-order chi connectivity index (χ0) is 15.0. The van der Waals surface area contributed by atoms with Gasteiger partial charge in [-0.05, 0) is 40.5 Å². The Hall–Kier alpha value is -1.18. The van der Waals surface area contributed by atoms with Crippen molar-refractivity contribution in [1.29, 1.82) is 0 Å². The van der Waals surface area contributed by atoms with E-state index in [1.54, 1.807) is 7.11 Å². The fraction of sp³-hybridized carbons (Fsp3) is 0.500. The molecule has 1 aromatic carbocycles. The van der Waals surface area contributed by atoms with E-state index in [-0.39, 0.29) is 0 Å². The van der Waals surface area contributed by atoms with Gasteiger partial charge < -0.3 is 14.8 Å². The summed E-state index contributed by atoms with van der Waals surface area (Å²) in [6.45, 7) is 7.43. The lowest BCUT2D eigenvalue weighted by Crippen LogP contribution is -2.21. The van der Waals surface area contributed by atoms with E-state index in [1.807, 2.05) is 13.0 Å². The van der Waals surface area contributed by atoms with Gasteiger partial charge in [0.1, 0.15) is 0 Å². The highest BCUT2D eigenvalue weighted by atomic mass is 79.9. The minimum absolute atomic E-state index is 0.448. The van der Waals surface area contributed by atoms with Crippen LogP contribution in [0.15, 0.2) is 16.6 Å². The molecule has 110 valence electrons. The van der Waals surface area contributed by atoms with Gasteiger partial charge in [0.05, 0.1) is 18.2 Å². The largest absolute Gasteiger partial charge is 0.493 e. The van der Waals surface area contributed by atoms with Crippen LogP contribution in [0.4, 0.5) is 0 Å². The average molecular weight is 340 g/mol. The van der Waals surface area contributed by atoms with Crippen LogP contribution < -0.4 is 14.8 Å². The molecule has 0 heterocycles. The Balaban J connectivity index is 2.80. The number of hydrogen-bond acceptors (Lipinski definition) is 3. The Bertz CT molecular complexity index is 489. The maximum absolute atomic E-state index is 5.75. The number of methoxy groups -OCH3 is 1. The zero-order valence-electron chi connectivity index (χ0n) is 12.5. The molecule has 0 aromatic heterocycles. The Morgan fingerprint density at radius 3 is 2.70 bits per heavy atom. The first-order chi connectivity index (χ1) is 9.58. The van der Waals surface area contributed by atoms with E-state index in [0.717, 1.165) is 28.1 Å². The number of hydrogen-bond donors (Lipinski definition) is 1. The van der Waals surface area contributed by atoms with Crippen molar-refractivity contribution >= 4 is 15.9 Å². The van der Waals surface area contributed by atoms with Gasteiger partial charge in [0.2, 0.25) is 0 Å². The molecule has 0 saturated carbocycles. The lowest BCUT2D eigenvalue weighted by atomic mass is 10.2. The average Bonchev–Trinajstić information content (AvgIpc) is 2.42. The van der Waals surface area contributed by atoms with E-state index < -0.39 is 0 Å². The second-order valence-corrected chi connectivity index (χ2v) is 5.52. The molecule has 1 N–H and O–H groups in total. The second kappa shape index (κ2) is 8.89. The first-order valence-corrected chi connectivity index (χ1v) is 7.50. The fourth-order valence-corrected chi connectivity index (χ4v) is 2.27. The van der Waals surface area contributed by atoms with Crippen LogP contribution in [0.3, 0.4) is 0 Å². The molecule has 0 aliphatic rings. The first-order valence-electron chi connectivity index (χ1n) is 6.70. The maximum atomic E-state index is 5.75. The predicted molar refractivity (Wildman–Crippen MR) is 86.2 cm³/mol. The quantitative estimate of drug-likeness (QED) is 0.606. The van der Waals surface area contributed by atoms with Gasteiger partial charge in [0.25, 0.3) is 0 Å². The summed E-state index contributed by atoms with van der Waals surface area (Å²) in [7, 11) is 1.65. The number of rotatable bonds is 7. The van der Waals surface area contributed by atoms with Gasteiger partial charge in [-0.15, -0.1) is 11.8 Å². The van der Waals surface area contributed by atoms with Crippen LogP contribution in [0.25, 0.3) is 0 Å². The number of nitrogens with one attached hydrogen (secondary N) is 1. The van der Waals surface area contributed by atoms with Gasteiger partial charge in [-0.3, -0.25) is 0 Å². The van der Waals surface area contributed by atoms with Crippen molar-refractivity contribution in [3.05, 3.63) is 22.2 Å². The van der Waals surface area contributed by atoms with Gasteiger partial charge in [0, 0.05) is 19.0 Å². The molecule has 20 heavy (non-hydrogen) atoms. The highest BCUT2D eigenvalue weighted by Crippen LogP contribution is 2.36. The minimum atomic E-state index is 0.448. The Labute approximate surface area is 130 Å². The molecule has 0 spiro atoms. The van der Waals surface area contributed by atoms with Gasteiger partial charge in [-0.25, -0.2) is 0 Å². The van der Waals surface area contributed by atoms with Crippen molar-refractivity contribution in [2.75, 3.05) is 13.7 Å². The lowest BCUT2D eigenvalue weighted by molar-refractivity contribution is 0.299. The summed E-state index contributed by atoms with van der Waals surface area (Å²) in [6, 6.07) is 4.50. The summed E-state index contributed by atoms with van der Waals surface area (Å²) in [5, 5.41) is 3.38.